The highest BCUT2D eigenvalue weighted by Gasteiger charge is 2.52. The fraction of sp³-hybridized carbons (Fsp3) is 0.681. The van der Waals surface area contributed by atoms with Crippen molar-refractivity contribution in [2.24, 2.45) is 29.4 Å². The summed E-state index contributed by atoms with van der Waals surface area (Å²) in [6.07, 6.45) is -1.92. The molecule has 3 heterocycles. The first-order valence-electron chi connectivity index (χ1n) is 23.8. The molecule has 21 heteroatoms. The molecule has 2 bridgehead atoms. The molecule has 0 unspecified atom stereocenters. The average molecular weight is 956 g/mol. The summed E-state index contributed by atoms with van der Waals surface area (Å²) in [4.78, 5) is 130. The topological polar surface area (TPSA) is 299 Å². The van der Waals surface area contributed by atoms with Crippen LogP contribution in [-0.2, 0) is 49.5 Å². The summed E-state index contributed by atoms with van der Waals surface area (Å²) in [5, 5.41) is 34.9. The quantitative estimate of drug-likeness (QED) is 0.0929. The number of ether oxygens (including phenoxy) is 1. The molecule has 3 saturated heterocycles. The number of benzene rings is 1. The molecule has 9 N–H and O–H groups in total. The van der Waals surface area contributed by atoms with Crippen molar-refractivity contribution in [3.8, 4) is 5.75 Å². The smallest absolute Gasteiger partial charge is 0.329 e. The Labute approximate surface area is 398 Å². The number of amides is 9. The number of primary amides is 1. The summed E-state index contributed by atoms with van der Waals surface area (Å²) in [6.45, 7) is 13.5. The van der Waals surface area contributed by atoms with E-state index >= 15 is 0 Å². The maximum atomic E-state index is 14.9. The summed E-state index contributed by atoms with van der Waals surface area (Å²) in [5.74, 6) is -8.11. The first kappa shape index (κ1) is 54.6. The lowest BCUT2D eigenvalue weighted by atomic mass is 9.91. The van der Waals surface area contributed by atoms with Crippen LogP contribution in [0, 0.1) is 23.7 Å². The van der Waals surface area contributed by atoms with Crippen LogP contribution < -0.4 is 32.3 Å². The molecule has 4 rings (SSSR count). The van der Waals surface area contributed by atoms with Crippen LogP contribution in [0.1, 0.15) is 106 Å². The van der Waals surface area contributed by atoms with E-state index in [0.717, 1.165) is 4.90 Å². The van der Waals surface area contributed by atoms with Gasteiger partial charge in [-0.3, -0.25) is 33.6 Å². The fourth-order valence-corrected chi connectivity index (χ4v) is 9.14. The molecule has 9 amide bonds. The van der Waals surface area contributed by atoms with Gasteiger partial charge in [0, 0.05) is 39.4 Å². The maximum Gasteiger partial charge on any atom is 0.329 e. The number of aliphatic hydroxyl groups is 1. The van der Waals surface area contributed by atoms with Gasteiger partial charge in [0.15, 0.2) is 0 Å². The molecule has 0 saturated carbocycles. The molecule has 68 heavy (non-hydrogen) atoms. The van der Waals surface area contributed by atoms with Gasteiger partial charge in [-0.15, -0.1) is 0 Å². The van der Waals surface area contributed by atoms with Crippen molar-refractivity contribution in [3.05, 3.63) is 29.8 Å². The summed E-state index contributed by atoms with van der Waals surface area (Å²) < 4.78 is 6.23. The van der Waals surface area contributed by atoms with Gasteiger partial charge in [0.25, 0.3) is 0 Å². The minimum atomic E-state index is -1.57. The van der Waals surface area contributed by atoms with E-state index in [1.165, 1.54) is 35.9 Å². The number of likely N-dealkylation sites (tertiary alicyclic amines) is 1. The number of nitrogens with one attached hydrogen (secondary N) is 5. The zero-order valence-corrected chi connectivity index (χ0v) is 40.8. The van der Waals surface area contributed by atoms with Gasteiger partial charge in [-0.1, -0.05) is 73.4 Å². The number of phenolic OH excluding ortho intramolecular Hbond substituents is 1. The predicted octanol–water partition coefficient (Wildman–Crippen LogP) is 0.389. The Morgan fingerprint density at radius 3 is 2.13 bits per heavy atom. The number of phenols is 1. The Bertz CT molecular complexity index is 2000. The summed E-state index contributed by atoms with van der Waals surface area (Å²) in [7, 11) is 1.40. The predicted molar refractivity (Wildman–Crippen MR) is 247 cm³/mol. The molecule has 3 aliphatic heterocycles. The molecule has 0 spiro atoms. The third kappa shape index (κ3) is 13.6. The highest BCUT2D eigenvalue weighted by molar-refractivity contribution is 5.98. The van der Waals surface area contributed by atoms with Crippen LogP contribution in [0.5, 0.6) is 5.75 Å². The molecule has 3 fully saturated rings. The van der Waals surface area contributed by atoms with E-state index in [9.17, 15) is 53.4 Å². The lowest BCUT2D eigenvalue weighted by Crippen LogP contribution is -2.66. The van der Waals surface area contributed by atoms with Crippen LogP contribution in [0.2, 0.25) is 0 Å². The summed E-state index contributed by atoms with van der Waals surface area (Å²) in [6, 6.07) is -4.08. The van der Waals surface area contributed by atoms with Crippen molar-refractivity contribution < 1.29 is 58.1 Å². The van der Waals surface area contributed by atoms with Gasteiger partial charge in [-0.05, 0) is 67.6 Å². The number of hydrogen-bond acceptors (Lipinski definition) is 12. The minimum absolute atomic E-state index is 0.00926. The second-order valence-electron chi connectivity index (χ2n) is 19.1. The number of carbonyl (C=O) groups excluding carboxylic acids is 9. The summed E-state index contributed by atoms with van der Waals surface area (Å²) >= 11 is 0. The third-order valence-electron chi connectivity index (χ3n) is 13.4. The fourth-order valence-electron chi connectivity index (χ4n) is 9.14. The number of esters is 1. The number of carbonyl (C=O) groups is 9. The van der Waals surface area contributed by atoms with Crippen LogP contribution in [0.25, 0.3) is 0 Å². The normalized spacial score (nSPS) is 27.9. The Morgan fingerprint density at radius 1 is 0.897 bits per heavy atom. The Morgan fingerprint density at radius 2 is 1.54 bits per heavy atom. The van der Waals surface area contributed by atoms with Crippen molar-refractivity contribution in [2.75, 3.05) is 20.1 Å². The molecule has 378 valence electrons. The number of urea groups is 1. The van der Waals surface area contributed by atoms with E-state index in [1.54, 1.807) is 39.8 Å². The van der Waals surface area contributed by atoms with Crippen LogP contribution >= 0.6 is 0 Å². The Hall–Kier alpha value is -5.99. The van der Waals surface area contributed by atoms with Gasteiger partial charge in [0.2, 0.25) is 41.4 Å². The average Bonchev–Trinajstić information content (AvgIpc) is 3.61. The standard InChI is InChI=1S/C47H73N9O12/c1-10-25(5)36-46(66)68-39-27(7)23-55(43(63)31(50-28(8)57)13-12-20-49-47(48)67)38(39)42(62)52-33(21-24(3)4)40(60)51-32-18-19-35(59)56(44(32)64)37(26(6)11-2)45(65)54(9)34(41(61)53-36)22-29-14-16-30(58)17-15-29/h14-17,24-27,31-39,58-59H,10-13,18-23H2,1-9H3,(H,50,57)(H,51,60)(H,52,62)(H,53,61)(H3,48,49,67)/t25-,26+,27-,31+,32+,33+,34+,35-,36+,37+,38+,39-/m1/s1. The van der Waals surface area contributed by atoms with Crippen LogP contribution in [0.4, 0.5) is 4.79 Å². The number of nitrogens with two attached hydrogens (primary N) is 1. The molecule has 21 nitrogen and oxygen atoms in total. The number of likely N-dealkylation sites (N-methyl/N-ethyl adjacent to an activating group) is 1. The molecular formula is C47H73N9O12. The van der Waals surface area contributed by atoms with E-state index in [0.29, 0.717) is 18.4 Å². The molecule has 0 aromatic heterocycles. The molecule has 0 radical (unpaired) electrons. The Balaban J connectivity index is 1.91. The number of aromatic hydroxyl groups is 1. The first-order valence-corrected chi connectivity index (χ1v) is 23.8. The van der Waals surface area contributed by atoms with E-state index in [2.05, 4.69) is 26.6 Å². The van der Waals surface area contributed by atoms with E-state index in [4.69, 9.17) is 10.5 Å². The number of rotatable bonds is 14. The maximum absolute atomic E-state index is 14.9. The van der Waals surface area contributed by atoms with Gasteiger partial charge >= 0.3 is 12.0 Å². The van der Waals surface area contributed by atoms with E-state index in [1.807, 2.05) is 20.8 Å². The lowest BCUT2D eigenvalue weighted by molar-refractivity contribution is -0.168. The molecule has 1 aromatic carbocycles. The second kappa shape index (κ2) is 24.3. The molecule has 1 aromatic rings. The molecule has 3 aliphatic rings. The summed E-state index contributed by atoms with van der Waals surface area (Å²) in [5.41, 5.74) is 5.76. The number of piperidine rings is 1. The minimum Gasteiger partial charge on any atom is -0.508 e. The van der Waals surface area contributed by atoms with Crippen molar-refractivity contribution in [2.45, 2.75) is 161 Å². The van der Waals surface area contributed by atoms with Gasteiger partial charge < -0.3 is 62.0 Å². The SMILES string of the molecule is CC[C@@H](C)[C@@H]1NC(=O)[C@H](Cc2ccc(O)cc2)N(C)C(=O)[C@H]([C@@H](C)CC)N2C(=O)[C@H](CC[C@H]2O)NC(=O)[C@H](CC(C)C)NC(=O)[C@@H]2[C@H](OC1=O)[C@H](C)CN2C(=O)[C@H](CCCNC(N)=O)NC(C)=O. The highest BCUT2D eigenvalue weighted by atomic mass is 16.5. The van der Waals surface area contributed by atoms with Gasteiger partial charge in [-0.2, -0.15) is 0 Å². The number of hydrogen-bond donors (Lipinski definition) is 8. The van der Waals surface area contributed by atoms with E-state index in [-0.39, 0.29) is 63.3 Å². The highest BCUT2D eigenvalue weighted by Crippen LogP contribution is 2.31. The van der Waals surface area contributed by atoms with E-state index < -0.39 is 126 Å². The number of aliphatic hydroxyl groups excluding tert-OH is 1. The number of fused-ring (bicyclic) bond motifs is 3. The van der Waals surface area contributed by atoms with Crippen molar-refractivity contribution in [1.29, 1.82) is 0 Å². The molecule has 0 aliphatic carbocycles. The van der Waals surface area contributed by atoms with Crippen LogP contribution in [-0.4, -0.2) is 153 Å². The monoisotopic (exact) mass is 956 g/mol. The van der Waals surface area contributed by atoms with Crippen molar-refractivity contribution in [1.82, 2.24) is 41.3 Å². The van der Waals surface area contributed by atoms with Gasteiger partial charge in [0.05, 0.1) is 0 Å². The van der Waals surface area contributed by atoms with Crippen molar-refractivity contribution in [3.63, 3.8) is 0 Å². The van der Waals surface area contributed by atoms with Crippen LogP contribution in [0.15, 0.2) is 24.3 Å². The van der Waals surface area contributed by atoms with Crippen LogP contribution in [0.3, 0.4) is 0 Å². The molecular weight excluding hydrogens is 883 g/mol. The largest absolute Gasteiger partial charge is 0.508 e. The number of nitrogens with zero attached hydrogens (tertiary/aromatic N) is 3. The zero-order valence-electron chi connectivity index (χ0n) is 40.8. The van der Waals surface area contributed by atoms with Gasteiger partial charge in [0.1, 0.15) is 60.4 Å². The second-order valence-corrected chi connectivity index (χ2v) is 19.1. The lowest BCUT2D eigenvalue weighted by Gasteiger charge is -2.44. The Kier molecular flexibility index (Phi) is 19.5. The first-order chi connectivity index (χ1) is 32.0. The van der Waals surface area contributed by atoms with Gasteiger partial charge in [-0.25, -0.2) is 9.59 Å². The zero-order chi connectivity index (χ0) is 50.7. The molecule has 12 atom stereocenters. The third-order valence-corrected chi connectivity index (χ3v) is 13.4. The van der Waals surface area contributed by atoms with Crippen molar-refractivity contribution >= 4 is 53.4 Å².